The van der Waals surface area contributed by atoms with Crippen molar-refractivity contribution in [2.45, 2.75) is 27.3 Å². The predicted octanol–water partition coefficient (Wildman–Crippen LogP) is 6.34. The molecule has 0 aliphatic rings. The fourth-order valence-corrected chi connectivity index (χ4v) is 4.40. The standard InChI is InChI=1S/C32H30N4O3/c1-22-15-16-26(18-24(22)3)36-20-29(25-11-5-4-6-12-25)33-32(36)34-30(37)21-35(19-27-13-9-17-39-27)31(38)28-14-8-7-10-23(28)2/h4-18,20H,19,21H2,1-3H3,(H,33,34,37). The molecule has 2 heterocycles. The van der Waals surface area contributed by atoms with E-state index >= 15 is 0 Å². The number of furan rings is 1. The second kappa shape index (κ2) is 11.2. The van der Waals surface area contributed by atoms with E-state index in [2.05, 4.69) is 25.2 Å². The highest BCUT2D eigenvalue weighted by Gasteiger charge is 2.23. The van der Waals surface area contributed by atoms with Crippen LogP contribution in [0.1, 0.15) is 32.8 Å². The normalized spacial score (nSPS) is 10.8. The molecule has 39 heavy (non-hydrogen) atoms. The lowest BCUT2D eigenvalue weighted by Gasteiger charge is -2.22. The third-order valence-electron chi connectivity index (χ3n) is 6.72. The summed E-state index contributed by atoms with van der Waals surface area (Å²) in [5.41, 5.74) is 6.23. The zero-order valence-corrected chi connectivity index (χ0v) is 22.2. The summed E-state index contributed by atoms with van der Waals surface area (Å²) in [5, 5.41) is 2.95. The maximum Gasteiger partial charge on any atom is 0.255 e. The Hall–Kier alpha value is -4.91. The number of hydrogen-bond acceptors (Lipinski definition) is 4. The zero-order valence-electron chi connectivity index (χ0n) is 22.2. The van der Waals surface area contributed by atoms with Gasteiger partial charge in [-0.25, -0.2) is 4.98 Å². The van der Waals surface area contributed by atoms with E-state index in [1.807, 2.05) is 78.4 Å². The molecule has 2 aromatic heterocycles. The first-order valence-electron chi connectivity index (χ1n) is 12.8. The molecule has 0 atom stereocenters. The Morgan fingerprint density at radius 3 is 2.36 bits per heavy atom. The highest BCUT2D eigenvalue weighted by Crippen LogP contribution is 2.25. The van der Waals surface area contributed by atoms with E-state index in [9.17, 15) is 9.59 Å². The lowest BCUT2D eigenvalue weighted by atomic mass is 10.1. The maximum atomic E-state index is 13.5. The van der Waals surface area contributed by atoms with Gasteiger partial charge in [-0.05, 0) is 67.8 Å². The molecule has 0 aliphatic carbocycles. The number of carbonyl (C=O) groups excluding carboxylic acids is 2. The van der Waals surface area contributed by atoms with E-state index in [1.165, 1.54) is 10.5 Å². The van der Waals surface area contributed by atoms with Crippen LogP contribution in [0, 0.1) is 20.8 Å². The summed E-state index contributed by atoms with van der Waals surface area (Å²) in [6.45, 7) is 5.98. The molecule has 0 bridgehead atoms. The molecule has 0 saturated carbocycles. The molecule has 0 spiro atoms. The van der Waals surface area contributed by atoms with E-state index in [-0.39, 0.29) is 24.9 Å². The molecule has 7 nitrogen and oxygen atoms in total. The van der Waals surface area contributed by atoms with Crippen molar-refractivity contribution in [3.63, 3.8) is 0 Å². The smallest absolute Gasteiger partial charge is 0.255 e. The number of amides is 2. The van der Waals surface area contributed by atoms with Crippen LogP contribution in [0.15, 0.2) is 102 Å². The van der Waals surface area contributed by atoms with E-state index in [1.54, 1.807) is 24.5 Å². The number of aryl methyl sites for hydroxylation is 3. The second-order valence-electron chi connectivity index (χ2n) is 9.56. The van der Waals surface area contributed by atoms with Gasteiger partial charge in [-0.2, -0.15) is 0 Å². The van der Waals surface area contributed by atoms with Crippen LogP contribution in [-0.2, 0) is 11.3 Å². The van der Waals surface area contributed by atoms with E-state index in [0.29, 0.717) is 17.3 Å². The van der Waals surface area contributed by atoms with Gasteiger partial charge in [0.15, 0.2) is 0 Å². The Morgan fingerprint density at radius 2 is 1.64 bits per heavy atom. The Labute approximate surface area is 227 Å². The minimum absolute atomic E-state index is 0.161. The van der Waals surface area contributed by atoms with Crippen LogP contribution in [0.4, 0.5) is 5.95 Å². The number of rotatable bonds is 8. The van der Waals surface area contributed by atoms with Gasteiger partial charge in [0, 0.05) is 23.0 Å². The van der Waals surface area contributed by atoms with Crippen LogP contribution in [0.5, 0.6) is 0 Å². The number of imidazole rings is 1. The number of nitrogens with one attached hydrogen (secondary N) is 1. The van der Waals surface area contributed by atoms with E-state index < -0.39 is 0 Å². The van der Waals surface area contributed by atoms with Gasteiger partial charge in [-0.15, -0.1) is 0 Å². The van der Waals surface area contributed by atoms with Crippen molar-refractivity contribution in [2.75, 3.05) is 11.9 Å². The minimum atomic E-state index is -0.362. The summed E-state index contributed by atoms with van der Waals surface area (Å²) >= 11 is 0. The molecule has 196 valence electrons. The number of hydrogen-bond donors (Lipinski definition) is 1. The van der Waals surface area contributed by atoms with Gasteiger partial charge in [-0.3, -0.25) is 19.5 Å². The zero-order chi connectivity index (χ0) is 27.4. The van der Waals surface area contributed by atoms with Crippen LogP contribution < -0.4 is 5.32 Å². The molecule has 0 saturated heterocycles. The molecule has 5 aromatic rings. The Kier molecular flexibility index (Phi) is 7.41. The number of benzene rings is 3. The monoisotopic (exact) mass is 518 g/mol. The fraction of sp³-hybridized carbons (Fsp3) is 0.156. The molecular formula is C32H30N4O3. The summed E-state index contributed by atoms with van der Waals surface area (Å²) in [5.74, 6) is 0.358. The lowest BCUT2D eigenvalue weighted by molar-refractivity contribution is -0.117. The van der Waals surface area contributed by atoms with Gasteiger partial charge in [0.1, 0.15) is 12.3 Å². The second-order valence-corrected chi connectivity index (χ2v) is 9.56. The largest absolute Gasteiger partial charge is 0.467 e. The van der Waals surface area contributed by atoms with Gasteiger partial charge < -0.3 is 9.32 Å². The summed E-state index contributed by atoms with van der Waals surface area (Å²) < 4.78 is 7.36. The van der Waals surface area contributed by atoms with Gasteiger partial charge in [0.2, 0.25) is 11.9 Å². The summed E-state index contributed by atoms with van der Waals surface area (Å²) in [4.78, 5) is 33.2. The number of aromatic nitrogens is 2. The van der Waals surface area contributed by atoms with Crippen LogP contribution in [0.2, 0.25) is 0 Å². The van der Waals surface area contributed by atoms with Crippen LogP contribution in [0.3, 0.4) is 0 Å². The molecule has 0 aliphatic heterocycles. The molecule has 0 fully saturated rings. The molecule has 5 rings (SSSR count). The van der Waals surface area contributed by atoms with Crippen molar-refractivity contribution in [3.8, 4) is 16.9 Å². The van der Waals surface area contributed by atoms with Crippen molar-refractivity contribution < 1.29 is 14.0 Å². The molecular weight excluding hydrogens is 488 g/mol. The highest BCUT2D eigenvalue weighted by atomic mass is 16.3. The Morgan fingerprint density at radius 1 is 0.872 bits per heavy atom. The molecule has 7 heteroatoms. The van der Waals surface area contributed by atoms with Crippen molar-refractivity contribution in [3.05, 3.63) is 125 Å². The third-order valence-corrected chi connectivity index (χ3v) is 6.72. The van der Waals surface area contributed by atoms with Crippen LogP contribution >= 0.6 is 0 Å². The van der Waals surface area contributed by atoms with Crippen LogP contribution in [0.25, 0.3) is 16.9 Å². The maximum absolute atomic E-state index is 13.5. The number of carbonyl (C=O) groups is 2. The fourth-order valence-electron chi connectivity index (χ4n) is 4.40. The summed E-state index contributed by atoms with van der Waals surface area (Å²) in [6.07, 6.45) is 3.46. The molecule has 0 radical (unpaired) electrons. The van der Waals surface area contributed by atoms with Gasteiger partial charge >= 0.3 is 0 Å². The first kappa shape index (κ1) is 25.7. The van der Waals surface area contributed by atoms with Crippen molar-refractivity contribution in [1.82, 2.24) is 14.5 Å². The van der Waals surface area contributed by atoms with Crippen molar-refractivity contribution in [2.24, 2.45) is 0 Å². The highest BCUT2D eigenvalue weighted by molar-refractivity contribution is 5.99. The molecule has 0 unspecified atom stereocenters. The summed E-state index contributed by atoms with van der Waals surface area (Å²) in [7, 11) is 0. The third kappa shape index (κ3) is 5.83. The van der Waals surface area contributed by atoms with E-state index in [0.717, 1.165) is 28.1 Å². The Balaban J connectivity index is 1.45. The topological polar surface area (TPSA) is 80.4 Å². The molecule has 2 amide bonds. The van der Waals surface area contributed by atoms with E-state index in [4.69, 9.17) is 9.40 Å². The first-order valence-corrected chi connectivity index (χ1v) is 12.8. The van der Waals surface area contributed by atoms with Gasteiger partial charge in [-0.1, -0.05) is 54.6 Å². The number of nitrogens with zero attached hydrogens (tertiary/aromatic N) is 3. The van der Waals surface area contributed by atoms with Crippen LogP contribution in [-0.4, -0.2) is 32.8 Å². The quantitative estimate of drug-likeness (QED) is 0.260. The van der Waals surface area contributed by atoms with Gasteiger partial charge in [0.25, 0.3) is 5.91 Å². The minimum Gasteiger partial charge on any atom is -0.467 e. The predicted molar refractivity (Wildman–Crippen MR) is 152 cm³/mol. The average molecular weight is 519 g/mol. The Bertz CT molecular complexity index is 1600. The van der Waals surface area contributed by atoms with Crippen molar-refractivity contribution >= 4 is 17.8 Å². The number of anilines is 1. The molecule has 1 N–H and O–H groups in total. The van der Waals surface area contributed by atoms with Gasteiger partial charge in [0.05, 0.1) is 18.5 Å². The van der Waals surface area contributed by atoms with Crippen molar-refractivity contribution in [1.29, 1.82) is 0 Å². The first-order chi connectivity index (χ1) is 18.9. The summed E-state index contributed by atoms with van der Waals surface area (Å²) in [6, 6.07) is 26.8. The SMILES string of the molecule is Cc1ccc(-n2cc(-c3ccccc3)nc2NC(=O)CN(Cc2ccco2)C(=O)c2ccccc2C)cc1C. The lowest BCUT2D eigenvalue weighted by Crippen LogP contribution is -2.38. The average Bonchev–Trinajstić information content (AvgIpc) is 3.60. The molecule has 3 aromatic carbocycles.